The minimum atomic E-state index is -0.00752. The second-order valence-corrected chi connectivity index (χ2v) is 4.80. The topological polar surface area (TPSA) is 30.5 Å². The summed E-state index contributed by atoms with van der Waals surface area (Å²) in [5.74, 6) is 0. The van der Waals surface area contributed by atoms with Gasteiger partial charge in [-0.1, -0.05) is 6.92 Å². The Morgan fingerprint density at radius 1 is 1.25 bits per heavy atom. The van der Waals surface area contributed by atoms with Crippen molar-refractivity contribution in [2.75, 3.05) is 26.3 Å². The predicted molar refractivity (Wildman–Crippen MR) is 68.9 cm³/mol. The molecule has 0 aliphatic rings. The van der Waals surface area contributed by atoms with E-state index in [-0.39, 0.29) is 11.7 Å². The van der Waals surface area contributed by atoms with Crippen LogP contribution in [0.15, 0.2) is 0 Å². The van der Waals surface area contributed by atoms with Crippen LogP contribution in [0.3, 0.4) is 0 Å². The largest absolute Gasteiger partial charge is 0.382 e. The lowest BCUT2D eigenvalue weighted by molar-refractivity contribution is -0.0641. The Labute approximate surface area is 101 Å². The number of ether oxygens (including phenoxy) is 2. The molecule has 0 aromatic carbocycles. The van der Waals surface area contributed by atoms with Crippen molar-refractivity contribution in [1.29, 1.82) is 0 Å². The molecule has 0 spiro atoms. The molecule has 0 radical (unpaired) electrons. The highest BCUT2D eigenvalue weighted by atomic mass is 16.5. The Kier molecular flexibility index (Phi) is 8.90. The first kappa shape index (κ1) is 15.9. The summed E-state index contributed by atoms with van der Waals surface area (Å²) >= 11 is 0. The molecule has 0 bridgehead atoms. The van der Waals surface area contributed by atoms with E-state index in [0.29, 0.717) is 0 Å². The Morgan fingerprint density at radius 3 is 2.50 bits per heavy atom. The van der Waals surface area contributed by atoms with Gasteiger partial charge in [0.1, 0.15) is 0 Å². The summed E-state index contributed by atoms with van der Waals surface area (Å²) < 4.78 is 11.2. The molecule has 16 heavy (non-hydrogen) atoms. The highest BCUT2D eigenvalue weighted by molar-refractivity contribution is 4.69. The smallest absolute Gasteiger partial charge is 0.0678 e. The van der Waals surface area contributed by atoms with Crippen LogP contribution >= 0.6 is 0 Å². The van der Waals surface area contributed by atoms with Crippen molar-refractivity contribution < 1.29 is 9.47 Å². The van der Waals surface area contributed by atoms with Crippen molar-refractivity contribution in [3.05, 3.63) is 0 Å². The molecule has 1 N–H and O–H groups in total. The van der Waals surface area contributed by atoms with E-state index < -0.39 is 0 Å². The first-order valence-electron chi connectivity index (χ1n) is 6.48. The van der Waals surface area contributed by atoms with E-state index in [1.165, 1.54) is 0 Å². The van der Waals surface area contributed by atoms with E-state index in [9.17, 15) is 0 Å². The monoisotopic (exact) mass is 231 g/mol. The first-order chi connectivity index (χ1) is 7.52. The maximum Gasteiger partial charge on any atom is 0.0678 e. The minimum Gasteiger partial charge on any atom is -0.382 e. The van der Waals surface area contributed by atoms with E-state index >= 15 is 0 Å². The standard InChI is InChI=1S/C13H29NO2/c1-6-13(4,5)16-12(3)11-14-9-8-10-15-7-2/h12,14H,6-11H2,1-5H3. The molecular formula is C13H29NO2. The zero-order valence-electron chi connectivity index (χ0n) is 11.6. The molecular weight excluding hydrogens is 202 g/mol. The summed E-state index contributed by atoms with van der Waals surface area (Å²) in [7, 11) is 0. The Bertz CT molecular complexity index is 160. The van der Waals surface area contributed by atoms with Crippen LogP contribution in [0, 0.1) is 0 Å². The van der Waals surface area contributed by atoms with Crippen LogP contribution in [-0.2, 0) is 9.47 Å². The Balaban J connectivity index is 3.40. The van der Waals surface area contributed by atoms with Gasteiger partial charge in [-0.3, -0.25) is 0 Å². The van der Waals surface area contributed by atoms with Gasteiger partial charge in [0.05, 0.1) is 11.7 Å². The van der Waals surface area contributed by atoms with Crippen molar-refractivity contribution in [1.82, 2.24) is 5.32 Å². The van der Waals surface area contributed by atoms with Crippen molar-refractivity contribution in [3.63, 3.8) is 0 Å². The fraction of sp³-hybridized carbons (Fsp3) is 1.00. The third-order valence-corrected chi connectivity index (χ3v) is 2.65. The predicted octanol–water partition coefficient (Wildman–Crippen LogP) is 2.60. The second-order valence-electron chi connectivity index (χ2n) is 4.80. The summed E-state index contributed by atoms with van der Waals surface area (Å²) in [6, 6.07) is 0. The van der Waals surface area contributed by atoms with E-state index in [1.807, 2.05) is 6.92 Å². The quantitative estimate of drug-likeness (QED) is 0.586. The zero-order valence-corrected chi connectivity index (χ0v) is 11.6. The highest BCUT2D eigenvalue weighted by Gasteiger charge is 2.18. The van der Waals surface area contributed by atoms with Crippen molar-refractivity contribution in [3.8, 4) is 0 Å². The van der Waals surface area contributed by atoms with Crippen LogP contribution in [-0.4, -0.2) is 38.0 Å². The van der Waals surface area contributed by atoms with Gasteiger partial charge in [-0.25, -0.2) is 0 Å². The zero-order chi connectivity index (χ0) is 12.4. The SMILES string of the molecule is CCOCCCNCC(C)OC(C)(C)CC. The van der Waals surface area contributed by atoms with Gasteiger partial charge in [-0.2, -0.15) is 0 Å². The van der Waals surface area contributed by atoms with E-state index in [1.54, 1.807) is 0 Å². The molecule has 1 atom stereocenters. The van der Waals surface area contributed by atoms with Crippen LogP contribution in [0.25, 0.3) is 0 Å². The number of rotatable bonds is 10. The molecule has 3 heteroatoms. The van der Waals surface area contributed by atoms with Crippen molar-refractivity contribution in [2.24, 2.45) is 0 Å². The van der Waals surface area contributed by atoms with E-state index in [0.717, 1.165) is 39.1 Å². The number of hydrogen-bond acceptors (Lipinski definition) is 3. The molecule has 98 valence electrons. The summed E-state index contributed by atoms with van der Waals surface area (Å²) in [6.45, 7) is 14.1. The van der Waals surface area contributed by atoms with Crippen LogP contribution in [0.5, 0.6) is 0 Å². The van der Waals surface area contributed by atoms with Gasteiger partial charge in [0.2, 0.25) is 0 Å². The summed E-state index contributed by atoms with van der Waals surface area (Å²) in [5, 5.41) is 3.39. The van der Waals surface area contributed by atoms with Gasteiger partial charge < -0.3 is 14.8 Å². The molecule has 0 heterocycles. The van der Waals surface area contributed by atoms with E-state index in [4.69, 9.17) is 9.47 Å². The maximum atomic E-state index is 5.92. The second kappa shape index (κ2) is 8.97. The maximum absolute atomic E-state index is 5.92. The molecule has 0 saturated carbocycles. The molecule has 0 saturated heterocycles. The normalized spacial score (nSPS) is 14.1. The summed E-state index contributed by atoms with van der Waals surface area (Å²) in [6.07, 6.45) is 2.38. The molecule has 0 aliphatic heterocycles. The molecule has 0 aliphatic carbocycles. The lowest BCUT2D eigenvalue weighted by Crippen LogP contribution is -2.35. The Hall–Kier alpha value is -0.120. The van der Waals surface area contributed by atoms with Crippen molar-refractivity contribution in [2.45, 2.75) is 59.2 Å². The average molecular weight is 231 g/mol. The third-order valence-electron chi connectivity index (χ3n) is 2.65. The third kappa shape index (κ3) is 9.13. The minimum absolute atomic E-state index is 0.00752. The van der Waals surface area contributed by atoms with Gasteiger partial charge in [-0.05, 0) is 47.1 Å². The fourth-order valence-corrected chi connectivity index (χ4v) is 1.42. The lowest BCUT2D eigenvalue weighted by atomic mass is 10.1. The molecule has 0 fully saturated rings. The first-order valence-corrected chi connectivity index (χ1v) is 6.48. The van der Waals surface area contributed by atoms with Gasteiger partial charge in [0.25, 0.3) is 0 Å². The number of nitrogens with one attached hydrogen (secondary N) is 1. The van der Waals surface area contributed by atoms with Gasteiger partial charge >= 0.3 is 0 Å². The molecule has 3 nitrogen and oxygen atoms in total. The van der Waals surface area contributed by atoms with Crippen LogP contribution in [0.4, 0.5) is 0 Å². The fourth-order valence-electron chi connectivity index (χ4n) is 1.42. The van der Waals surface area contributed by atoms with Gasteiger partial charge in [-0.15, -0.1) is 0 Å². The lowest BCUT2D eigenvalue weighted by Gasteiger charge is -2.28. The molecule has 0 amide bonds. The molecule has 0 aromatic heterocycles. The Morgan fingerprint density at radius 2 is 1.94 bits per heavy atom. The highest BCUT2D eigenvalue weighted by Crippen LogP contribution is 2.15. The number of hydrogen-bond donors (Lipinski definition) is 1. The van der Waals surface area contributed by atoms with Gasteiger partial charge in [0, 0.05) is 19.8 Å². The van der Waals surface area contributed by atoms with Gasteiger partial charge in [0.15, 0.2) is 0 Å². The average Bonchev–Trinajstić information content (AvgIpc) is 2.22. The van der Waals surface area contributed by atoms with Crippen LogP contribution in [0.2, 0.25) is 0 Å². The van der Waals surface area contributed by atoms with Crippen molar-refractivity contribution >= 4 is 0 Å². The van der Waals surface area contributed by atoms with Crippen LogP contribution in [0.1, 0.15) is 47.5 Å². The molecule has 1 unspecified atom stereocenters. The van der Waals surface area contributed by atoms with Crippen LogP contribution < -0.4 is 5.32 Å². The molecule has 0 rings (SSSR count). The van der Waals surface area contributed by atoms with E-state index in [2.05, 4.69) is 33.0 Å². The summed E-state index contributed by atoms with van der Waals surface area (Å²) in [4.78, 5) is 0. The summed E-state index contributed by atoms with van der Waals surface area (Å²) in [5.41, 5.74) is -0.00752. The molecule has 0 aromatic rings.